The van der Waals surface area contributed by atoms with Crippen molar-refractivity contribution in [3.63, 3.8) is 0 Å². The highest BCUT2D eigenvalue weighted by molar-refractivity contribution is 5.35. The average Bonchev–Trinajstić information content (AvgIpc) is 2.58. The summed E-state index contributed by atoms with van der Waals surface area (Å²) < 4.78 is 0. The SMILES string of the molecule is C/C=C/C(C#N)=C\C1CC1(C)C. The van der Waals surface area contributed by atoms with Crippen LogP contribution in [-0.4, -0.2) is 0 Å². The molecule has 0 saturated heterocycles. The minimum atomic E-state index is 0.434. The molecule has 0 spiro atoms. The third-order valence-corrected chi connectivity index (χ3v) is 2.45. The molecule has 1 aliphatic rings. The van der Waals surface area contributed by atoms with Crippen LogP contribution in [-0.2, 0) is 0 Å². The molecule has 0 aromatic rings. The highest BCUT2D eigenvalue weighted by Crippen LogP contribution is 2.52. The molecule has 1 heteroatoms. The fraction of sp³-hybridized carbons (Fsp3) is 0.545. The third-order valence-electron chi connectivity index (χ3n) is 2.45. The molecule has 1 aliphatic carbocycles. The van der Waals surface area contributed by atoms with E-state index in [0.29, 0.717) is 11.3 Å². The predicted octanol–water partition coefficient (Wildman–Crippen LogP) is 3.06. The Morgan fingerprint density at radius 2 is 2.17 bits per heavy atom. The largest absolute Gasteiger partial charge is 0.192 e. The fourth-order valence-electron chi connectivity index (χ4n) is 1.32. The van der Waals surface area contributed by atoms with Crippen molar-refractivity contribution in [3.8, 4) is 6.07 Å². The zero-order valence-corrected chi connectivity index (χ0v) is 7.96. The lowest BCUT2D eigenvalue weighted by molar-refractivity contribution is 0.609. The summed E-state index contributed by atoms with van der Waals surface area (Å²) in [6.45, 7) is 6.40. The Labute approximate surface area is 74.4 Å². The molecule has 0 amide bonds. The summed E-state index contributed by atoms with van der Waals surface area (Å²) in [7, 11) is 0. The first-order valence-corrected chi connectivity index (χ1v) is 4.35. The maximum absolute atomic E-state index is 8.73. The molecule has 64 valence electrons. The molecule has 1 atom stereocenters. The van der Waals surface area contributed by atoms with Gasteiger partial charge < -0.3 is 0 Å². The van der Waals surface area contributed by atoms with Gasteiger partial charge in [-0.15, -0.1) is 0 Å². The maximum atomic E-state index is 8.73. The smallest absolute Gasteiger partial charge is 0.0988 e. The summed E-state index contributed by atoms with van der Waals surface area (Å²) in [6.07, 6.45) is 7.08. The molecular weight excluding hydrogens is 146 g/mol. The molecule has 0 bridgehead atoms. The van der Waals surface area contributed by atoms with Gasteiger partial charge in [0.05, 0.1) is 6.07 Å². The Hall–Kier alpha value is -1.03. The quantitative estimate of drug-likeness (QED) is 0.451. The van der Waals surface area contributed by atoms with Crippen LogP contribution in [0.25, 0.3) is 0 Å². The van der Waals surface area contributed by atoms with Crippen LogP contribution in [0.2, 0.25) is 0 Å². The maximum Gasteiger partial charge on any atom is 0.0988 e. The summed E-state index contributed by atoms with van der Waals surface area (Å²) >= 11 is 0. The molecule has 0 aromatic carbocycles. The zero-order valence-electron chi connectivity index (χ0n) is 7.96. The van der Waals surface area contributed by atoms with Crippen LogP contribution in [0.15, 0.2) is 23.8 Å². The minimum absolute atomic E-state index is 0.434. The van der Waals surface area contributed by atoms with Crippen molar-refractivity contribution in [3.05, 3.63) is 23.8 Å². The van der Waals surface area contributed by atoms with E-state index in [1.807, 2.05) is 19.1 Å². The van der Waals surface area contributed by atoms with Gasteiger partial charge in [-0.05, 0) is 30.8 Å². The van der Waals surface area contributed by atoms with Gasteiger partial charge in [-0.25, -0.2) is 0 Å². The molecule has 0 radical (unpaired) electrons. The molecule has 0 N–H and O–H groups in total. The van der Waals surface area contributed by atoms with Crippen LogP contribution in [0, 0.1) is 22.7 Å². The van der Waals surface area contributed by atoms with Gasteiger partial charge in [-0.2, -0.15) is 5.26 Å². The van der Waals surface area contributed by atoms with E-state index in [1.54, 1.807) is 0 Å². The second-order valence-corrected chi connectivity index (χ2v) is 4.03. The first-order valence-electron chi connectivity index (χ1n) is 4.35. The molecule has 1 unspecified atom stereocenters. The standard InChI is InChI=1S/C11H15N/c1-4-5-9(8-12)6-10-7-11(10,2)3/h4-6,10H,7H2,1-3H3/b5-4+,9-6+. The number of nitriles is 1. The van der Waals surface area contributed by atoms with E-state index in [-0.39, 0.29) is 0 Å². The van der Waals surface area contributed by atoms with Gasteiger partial charge in [-0.1, -0.05) is 26.0 Å². The van der Waals surface area contributed by atoms with Gasteiger partial charge >= 0.3 is 0 Å². The predicted molar refractivity (Wildman–Crippen MR) is 50.4 cm³/mol. The van der Waals surface area contributed by atoms with Gasteiger partial charge in [0.2, 0.25) is 0 Å². The summed E-state index contributed by atoms with van der Waals surface area (Å²) in [6, 6.07) is 2.19. The van der Waals surface area contributed by atoms with E-state index >= 15 is 0 Å². The minimum Gasteiger partial charge on any atom is -0.192 e. The summed E-state index contributed by atoms with van der Waals surface area (Å²) in [5, 5.41) is 8.73. The lowest BCUT2D eigenvalue weighted by Gasteiger charge is -1.96. The van der Waals surface area contributed by atoms with Crippen molar-refractivity contribution in [1.82, 2.24) is 0 Å². The third kappa shape index (κ3) is 1.98. The van der Waals surface area contributed by atoms with Gasteiger partial charge in [0.1, 0.15) is 0 Å². The van der Waals surface area contributed by atoms with Crippen molar-refractivity contribution >= 4 is 0 Å². The van der Waals surface area contributed by atoms with Crippen molar-refractivity contribution in [2.45, 2.75) is 27.2 Å². The van der Waals surface area contributed by atoms with Crippen LogP contribution in [0.1, 0.15) is 27.2 Å². The van der Waals surface area contributed by atoms with E-state index < -0.39 is 0 Å². The molecule has 12 heavy (non-hydrogen) atoms. The number of hydrogen-bond acceptors (Lipinski definition) is 1. The second-order valence-electron chi connectivity index (χ2n) is 4.03. The summed E-state index contributed by atoms with van der Waals surface area (Å²) in [5.74, 6) is 0.614. The van der Waals surface area contributed by atoms with Crippen LogP contribution in [0.4, 0.5) is 0 Å². The number of hydrogen-bond donors (Lipinski definition) is 0. The molecule has 1 nitrogen and oxygen atoms in total. The number of allylic oxidation sites excluding steroid dienone is 4. The Morgan fingerprint density at radius 3 is 2.50 bits per heavy atom. The lowest BCUT2D eigenvalue weighted by atomic mass is 10.1. The zero-order chi connectivity index (χ0) is 9.19. The van der Waals surface area contributed by atoms with E-state index in [1.165, 1.54) is 6.42 Å². The van der Waals surface area contributed by atoms with Crippen LogP contribution in [0.5, 0.6) is 0 Å². The van der Waals surface area contributed by atoms with Gasteiger partial charge in [-0.3, -0.25) is 0 Å². The van der Waals surface area contributed by atoms with Crippen molar-refractivity contribution in [1.29, 1.82) is 5.26 Å². The van der Waals surface area contributed by atoms with E-state index in [0.717, 1.165) is 5.57 Å². The molecule has 1 fully saturated rings. The van der Waals surface area contributed by atoms with Gasteiger partial charge in [0.25, 0.3) is 0 Å². The molecule has 1 saturated carbocycles. The Bertz CT molecular complexity index is 263. The van der Waals surface area contributed by atoms with E-state index in [4.69, 9.17) is 5.26 Å². The first kappa shape index (κ1) is 9.06. The van der Waals surface area contributed by atoms with Gasteiger partial charge in [0.15, 0.2) is 0 Å². The van der Waals surface area contributed by atoms with Crippen LogP contribution >= 0.6 is 0 Å². The van der Waals surface area contributed by atoms with Crippen molar-refractivity contribution in [2.75, 3.05) is 0 Å². The van der Waals surface area contributed by atoms with Crippen molar-refractivity contribution < 1.29 is 0 Å². The number of rotatable bonds is 2. The van der Waals surface area contributed by atoms with Crippen molar-refractivity contribution in [2.24, 2.45) is 11.3 Å². The van der Waals surface area contributed by atoms with Crippen LogP contribution in [0.3, 0.4) is 0 Å². The molecule has 0 aliphatic heterocycles. The highest BCUT2D eigenvalue weighted by Gasteiger charge is 2.43. The highest BCUT2D eigenvalue weighted by atomic mass is 14.5. The molecule has 0 heterocycles. The van der Waals surface area contributed by atoms with Crippen LogP contribution < -0.4 is 0 Å². The molecule has 0 aromatic heterocycles. The van der Waals surface area contributed by atoms with E-state index in [2.05, 4.69) is 26.0 Å². The molecular formula is C11H15N. The van der Waals surface area contributed by atoms with Gasteiger partial charge in [0, 0.05) is 5.57 Å². The fourth-order valence-corrected chi connectivity index (χ4v) is 1.32. The summed E-state index contributed by atoms with van der Waals surface area (Å²) in [4.78, 5) is 0. The van der Waals surface area contributed by atoms with E-state index in [9.17, 15) is 0 Å². The lowest BCUT2D eigenvalue weighted by Crippen LogP contribution is -1.87. The summed E-state index contributed by atoms with van der Waals surface area (Å²) in [5.41, 5.74) is 1.23. The normalized spacial score (nSPS) is 27.2. The Morgan fingerprint density at radius 1 is 1.58 bits per heavy atom. The average molecular weight is 161 g/mol. The molecule has 1 rings (SSSR count). The topological polar surface area (TPSA) is 23.8 Å². The Balaban J connectivity index is 2.63. The second kappa shape index (κ2) is 3.15. The monoisotopic (exact) mass is 161 g/mol. The first-order chi connectivity index (χ1) is 5.60. The Kier molecular flexibility index (Phi) is 2.38. The number of nitrogens with zero attached hydrogens (tertiary/aromatic N) is 1.